The van der Waals surface area contributed by atoms with Crippen molar-refractivity contribution in [1.29, 1.82) is 0 Å². The fourth-order valence-electron chi connectivity index (χ4n) is 3.68. The molecule has 4 rings (SSSR count). The number of aryl methyl sites for hydroxylation is 1. The van der Waals surface area contributed by atoms with E-state index >= 15 is 0 Å². The second-order valence-electron chi connectivity index (χ2n) is 7.64. The van der Waals surface area contributed by atoms with E-state index in [1.165, 1.54) is 12.1 Å². The molecule has 0 aromatic heterocycles. The number of para-hydroxylation sites is 1. The molecule has 0 unspecified atom stereocenters. The molecule has 5 nitrogen and oxygen atoms in total. The molecule has 0 aliphatic rings. The number of rotatable bonds is 7. The van der Waals surface area contributed by atoms with Crippen LogP contribution in [-0.2, 0) is 10.0 Å². The highest BCUT2D eigenvalue weighted by molar-refractivity contribution is 7.92. The van der Waals surface area contributed by atoms with Gasteiger partial charge in [-0.2, -0.15) is 0 Å². The number of nitrogens with one attached hydrogen (secondary N) is 2. The zero-order chi connectivity index (χ0) is 23.3. The highest BCUT2D eigenvalue weighted by atomic mass is 32.2. The van der Waals surface area contributed by atoms with E-state index in [-0.39, 0.29) is 22.1 Å². The van der Waals surface area contributed by atoms with Crippen LogP contribution >= 0.6 is 0 Å². The summed E-state index contributed by atoms with van der Waals surface area (Å²) in [6, 6.07) is 31.8. The van der Waals surface area contributed by atoms with Gasteiger partial charge >= 0.3 is 0 Å². The maximum Gasteiger partial charge on any atom is 0.261 e. The van der Waals surface area contributed by atoms with E-state index < -0.39 is 16.1 Å². The van der Waals surface area contributed by atoms with Gasteiger partial charge in [0.25, 0.3) is 15.9 Å². The molecule has 0 spiro atoms. The Labute approximate surface area is 194 Å². The highest BCUT2D eigenvalue weighted by Crippen LogP contribution is 2.27. The summed E-state index contributed by atoms with van der Waals surface area (Å²) in [6.07, 6.45) is 0. The lowest BCUT2D eigenvalue weighted by Gasteiger charge is -2.22. The third-order valence-electron chi connectivity index (χ3n) is 5.38. The molecule has 0 aliphatic carbocycles. The van der Waals surface area contributed by atoms with Gasteiger partial charge in [0.1, 0.15) is 0 Å². The molecule has 0 saturated heterocycles. The molecular formula is C27H24N2O3S. The van der Waals surface area contributed by atoms with Crippen molar-refractivity contribution in [3.63, 3.8) is 0 Å². The van der Waals surface area contributed by atoms with Crippen molar-refractivity contribution in [2.75, 3.05) is 4.72 Å². The van der Waals surface area contributed by atoms with Gasteiger partial charge in [-0.05, 0) is 47.9 Å². The summed E-state index contributed by atoms with van der Waals surface area (Å²) in [4.78, 5) is 13.5. The fourth-order valence-corrected chi connectivity index (χ4v) is 4.78. The molecule has 4 aromatic rings. The molecule has 0 aliphatic heterocycles. The molecule has 1 atom stereocenters. The predicted molar refractivity (Wildman–Crippen MR) is 131 cm³/mol. The number of hydrogen-bond acceptors (Lipinski definition) is 3. The standard InChI is InChI=1S/C27H24N2O3S/c1-20-12-8-9-17-23(20)26(21-13-4-2-5-14-21)28-27(30)24-18-10-11-19-25(24)29-33(31,32)22-15-6-3-7-16-22/h2-19,26,29H,1H3,(H,28,30)/t26-/m0/s1. The summed E-state index contributed by atoms with van der Waals surface area (Å²) in [6.45, 7) is 2.00. The SMILES string of the molecule is Cc1ccccc1[C@@H](NC(=O)c1ccccc1NS(=O)(=O)c1ccccc1)c1ccccc1. The smallest absolute Gasteiger partial charge is 0.261 e. The van der Waals surface area contributed by atoms with E-state index in [0.29, 0.717) is 0 Å². The lowest BCUT2D eigenvalue weighted by molar-refractivity contribution is 0.0944. The zero-order valence-corrected chi connectivity index (χ0v) is 18.9. The van der Waals surface area contributed by atoms with Crippen molar-refractivity contribution in [3.05, 3.63) is 131 Å². The maximum absolute atomic E-state index is 13.4. The van der Waals surface area contributed by atoms with Crippen molar-refractivity contribution in [2.24, 2.45) is 0 Å². The molecule has 0 heterocycles. The van der Waals surface area contributed by atoms with E-state index in [1.807, 2.05) is 61.5 Å². The Kier molecular flexibility index (Phi) is 6.56. The first-order valence-electron chi connectivity index (χ1n) is 10.5. The number of benzene rings is 4. The summed E-state index contributed by atoms with van der Waals surface area (Å²) in [5.41, 5.74) is 3.41. The van der Waals surface area contributed by atoms with Gasteiger partial charge in [0.2, 0.25) is 0 Å². The van der Waals surface area contributed by atoms with Crippen LogP contribution in [0.25, 0.3) is 0 Å². The van der Waals surface area contributed by atoms with E-state index in [9.17, 15) is 13.2 Å². The minimum Gasteiger partial charge on any atom is -0.341 e. The molecule has 6 heteroatoms. The van der Waals surface area contributed by atoms with Gasteiger partial charge in [0, 0.05) is 0 Å². The molecule has 4 aromatic carbocycles. The lowest BCUT2D eigenvalue weighted by Crippen LogP contribution is -2.30. The first-order chi connectivity index (χ1) is 16.0. The van der Waals surface area contributed by atoms with Crippen molar-refractivity contribution in [2.45, 2.75) is 17.9 Å². The monoisotopic (exact) mass is 456 g/mol. The van der Waals surface area contributed by atoms with Crippen LogP contribution in [0.3, 0.4) is 0 Å². The van der Waals surface area contributed by atoms with Crippen LogP contribution in [0.4, 0.5) is 5.69 Å². The molecule has 1 amide bonds. The van der Waals surface area contributed by atoms with Crippen LogP contribution in [0.5, 0.6) is 0 Å². The van der Waals surface area contributed by atoms with Gasteiger partial charge in [-0.25, -0.2) is 8.42 Å². The van der Waals surface area contributed by atoms with Gasteiger partial charge in [0.05, 0.1) is 22.2 Å². The van der Waals surface area contributed by atoms with E-state index in [1.54, 1.807) is 42.5 Å². The van der Waals surface area contributed by atoms with Crippen molar-refractivity contribution >= 4 is 21.6 Å². The number of carbonyl (C=O) groups is 1. The normalized spacial score (nSPS) is 12.0. The second-order valence-corrected chi connectivity index (χ2v) is 9.32. The Morgan fingerprint density at radius 3 is 2.00 bits per heavy atom. The Balaban J connectivity index is 1.67. The predicted octanol–water partition coefficient (Wildman–Crippen LogP) is 5.32. The first-order valence-corrected chi connectivity index (χ1v) is 12.0. The Hall–Kier alpha value is -3.90. The largest absolute Gasteiger partial charge is 0.341 e. The third kappa shape index (κ3) is 5.13. The summed E-state index contributed by atoms with van der Waals surface area (Å²) in [5.74, 6) is -0.376. The van der Waals surface area contributed by atoms with E-state index in [2.05, 4.69) is 10.0 Å². The number of amides is 1. The van der Waals surface area contributed by atoms with Gasteiger partial charge in [0.15, 0.2) is 0 Å². The number of sulfonamides is 1. The van der Waals surface area contributed by atoms with Gasteiger partial charge in [-0.1, -0.05) is 84.9 Å². The van der Waals surface area contributed by atoms with Crippen molar-refractivity contribution < 1.29 is 13.2 Å². The number of anilines is 1. The first kappa shape index (κ1) is 22.3. The lowest BCUT2D eigenvalue weighted by atomic mass is 9.94. The molecule has 33 heavy (non-hydrogen) atoms. The van der Waals surface area contributed by atoms with Crippen LogP contribution < -0.4 is 10.0 Å². The fraction of sp³-hybridized carbons (Fsp3) is 0.0741. The molecule has 0 saturated carbocycles. The molecule has 0 fully saturated rings. The Morgan fingerprint density at radius 2 is 1.30 bits per heavy atom. The molecule has 0 bridgehead atoms. The van der Waals surface area contributed by atoms with Crippen LogP contribution in [0.15, 0.2) is 114 Å². The minimum absolute atomic E-state index is 0.127. The van der Waals surface area contributed by atoms with Gasteiger partial charge in [-0.15, -0.1) is 0 Å². The number of hydrogen-bond donors (Lipinski definition) is 2. The Bertz CT molecular complexity index is 1350. The molecule has 0 radical (unpaired) electrons. The molecular weight excluding hydrogens is 432 g/mol. The minimum atomic E-state index is -3.84. The quantitative estimate of drug-likeness (QED) is 0.395. The van der Waals surface area contributed by atoms with Gasteiger partial charge < -0.3 is 5.32 Å². The topological polar surface area (TPSA) is 75.3 Å². The van der Waals surface area contributed by atoms with Crippen LogP contribution in [0.2, 0.25) is 0 Å². The molecule has 2 N–H and O–H groups in total. The van der Waals surface area contributed by atoms with Crippen molar-refractivity contribution in [1.82, 2.24) is 5.32 Å². The zero-order valence-electron chi connectivity index (χ0n) is 18.1. The van der Waals surface area contributed by atoms with Gasteiger partial charge in [-0.3, -0.25) is 9.52 Å². The molecule has 166 valence electrons. The second kappa shape index (κ2) is 9.71. The Morgan fingerprint density at radius 1 is 0.727 bits per heavy atom. The van der Waals surface area contributed by atoms with Crippen LogP contribution in [-0.4, -0.2) is 14.3 Å². The van der Waals surface area contributed by atoms with Crippen LogP contribution in [0.1, 0.15) is 33.1 Å². The highest BCUT2D eigenvalue weighted by Gasteiger charge is 2.22. The summed E-state index contributed by atoms with van der Waals surface area (Å²) < 4.78 is 28.2. The summed E-state index contributed by atoms with van der Waals surface area (Å²) in [7, 11) is -3.84. The maximum atomic E-state index is 13.4. The van der Waals surface area contributed by atoms with Crippen molar-refractivity contribution in [3.8, 4) is 0 Å². The summed E-state index contributed by atoms with van der Waals surface area (Å²) in [5, 5.41) is 3.10. The van der Waals surface area contributed by atoms with Crippen LogP contribution in [0, 0.1) is 6.92 Å². The van der Waals surface area contributed by atoms with E-state index in [0.717, 1.165) is 16.7 Å². The average Bonchev–Trinajstić information content (AvgIpc) is 2.84. The number of carbonyl (C=O) groups excluding carboxylic acids is 1. The van der Waals surface area contributed by atoms with E-state index in [4.69, 9.17) is 0 Å². The third-order valence-corrected chi connectivity index (χ3v) is 6.76. The average molecular weight is 457 g/mol. The summed E-state index contributed by atoms with van der Waals surface area (Å²) >= 11 is 0.